The lowest BCUT2D eigenvalue weighted by atomic mass is 9.92. The topological polar surface area (TPSA) is 32.3 Å². The number of fused-ring (bicyclic) bond motifs is 1. The Labute approximate surface area is 144 Å². The summed E-state index contributed by atoms with van der Waals surface area (Å²) < 4.78 is 41.8. The number of benzene rings is 2. The van der Waals surface area contributed by atoms with Crippen LogP contribution in [0.1, 0.15) is 37.9 Å². The van der Waals surface area contributed by atoms with Crippen molar-refractivity contribution in [3.05, 3.63) is 47.5 Å². The van der Waals surface area contributed by atoms with Crippen LogP contribution in [0.2, 0.25) is 0 Å². The molecule has 1 amide bonds. The first kappa shape index (κ1) is 17.7. The zero-order valence-electron chi connectivity index (χ0n) is 14.4. The maximum Gasteiger partial charge on any atom is 0.409 e. The maximum atomic E-state index is 13.9. The van der Waals surface area contributed by atoms with Crippen LogP contribution in [0.5, 0.6) is 0 Å². The van der Waals surface area contributed by atoms with Gasteiger partial charge in [0.25, 0.3) is 0 Å². The van der Waals surface area contributed by atoms with Gasteiger partial charge in [0, 0.05) is 6.54 Å². The van der Waals surface area contributed by atoms with Crippen molar-refractivity contribution >= 4 is 16.7 Å². The number of nitrogens with zero attached hydrogens (tertiary/aromatic N) is 1. The van der Waals surface area contributed by atoms with Gasteiger partial charge in [0.2, 0.25) is 5.91 Å². The Bertz CT molecular complexity index is 814. The van der Waals surface area contributed by atoms with E-state index < -0.39 is 23.5 Å². The Balaban J connectivity index is 2.12. The molecule has 1 saturated heterocycles. The molecule has 0 aliphatic carbocycles. The van der Waals surface area contributed by atoms with Gasteiger partial charge >= 0.3 is 6.18 Å². The zero-order valence-corrected chi connectivity index (χ0v) is 14.4. The molecular weight excluding hydrogens is 329 g/mol. The molecule has 3 rings (SSSR count). The minimum Gasteiger partial charge on any atom is -0.287 e. The van der Waals surface area contributed by atoms with E-state index in [9.17, 15) is 18.0 Å². The van der Waals surface area contributed by atoms with Crippen molar-refractivity contribution in [1.82, 2.24) is 10.4 Å². The van der Waals surface area contributed by atoms with E-state index in [1.807, 2.05) is 25.1 Å². The summed E-state index contributed by atoms with van der Waals surface area (Å²) in [6, 6.07) is 8.57. The van der Waals surface area contributed by atoms with Crippen molar-refractivity contribution in [2.75, 3.05) is 6.54 Å². The number of hydrogen-bond acceptors (Lipinski definition) is 2. The predicted octanol–water partition coefficient (Wildman–Crippen LogP) is 4.38. The lowest BCUT2D eigenvalue weighted by Crippen LogP contribution is -2.43. The number of hydrazine groups is 1. The van der Waals surface area contributed by atoms with E-state index in [-0.39, 0.29) is 12.1 Å². The van der Waals surface area contributed by atoms with E-state index in [0.717, 1.165) is 22.4 Å². The van der Waals surface area contributed by atoms with Crippen LogP contribution in [-0.2, 0) is 11.2 Å². The Kier molecular flexibility index (Phi) is 4.27. The number of hydrogen-bond donors (Lipinski definition) is 1. The summed E-state index contributed by atoms with van der Waals surface area (Å²) in [6.07, 6.45) is -3.69. The van der Waals surface area contributed by atoms with Crippen molar-refractivity contribution in [2.24, 2.45) is 5.41 Å². The highest BCUT2D eigenvalue weighted by molar-refractivity contribution is 5.87. The third-order valence-corrected chi connectivity index (χ3v) is 4.73. The van der Waals surface area contributed by atoms with Crippen LogP contribution in [0.25, 0.3) is 10.8 Å². The monoisotopic (exact) mass is 350 g/mol. The molecule has 1 fully saturated rings. The maximum absolute atomic E-state index is 13.9. The summed E-state index contributed by atoms with van der Waals surface area (Å²) in [6.45, 7) is 5.30. The van der Waals surface area contributed by atoms with Crippen LogP contribution in [-0.4, -0.2) is 23.6 Å². The van der Waals surface area contributed by atoms with E-state index in [1.165, 1.54) is 6.07 Å². The Hall–Kier alpha value is -2.08. The Morgan fingerprint density at radius 3 is 2.52 bits per heavy atom. The molecule has 1 unspecified atom stereocenters. The number of halogens is 3. The van der Waals surface area contributed by atoms with Gasteiger partial charge in [-0.3, -0.25) is 10.2 Å². The average molecular weight is 350 g/mol. The number of carbonyl (C=O) groups is 1. The number of nitrogens with one attached hydrogen (secondary N) is 1. The lowest BCUT2D eigenvalue weighted by Gasteiger charge is -2.30. The molecule has 1 heterocycles. The second kappa shape index (κ2) is 6.02. The fourth-order valence-corrected chi connectivity index (χ4v) is 3.31. The van der Waals surface area contributed by atoms with Gasteiger partial charge < -0.3 is 0 Å². The van der Waals surface area contributed by atoms with E-state index in [2.05, 4.69) is 5.43 Å². The van der Waals surface area contributed by atoms with E-state index in [1.54, 1.807) is 26.0 Å². The molecule has 1 atom stereocenters. The molecule has 0 aromatic heterocycles. The standard InChI is InChI=1S/C19H21F3N2O/c1-4-12-8-9-14-13(10-12)6-5-7-15(14)16(19(20,21)22)24-11-18(2,3)17(25)23-24/h5-10,16H,4,11H2,1-3H3,(H,23,25). The lowest BCUT2D eigenvalue weighted by molar-refractivity contribution is -0.191. The summed E-state index contributed by atoms with van der Waals surface area (Å²) >= 11 is 0. The zero-order chi connectivity index (χ0) is 18.4. The highest BCUT2D eigenvalue weighted by Crippen LogP contribution is 2.42. The minimum absolute atomic E-state index is 0.000554. The Morgan fingerprint density at radius 2 is 1.96 bits per heavy atom. The second-order valence-electron chi connectivity index (χ2n) is 7.15. The summed E-state index contributed by atoms with van der Waals surface area (Å²) in [5.41, 5.74) is 2.78. The summed E-state index contributed by atoms with van der Waals surface area (Å²) in [4.78, 5) is 12.0. The van der Waals surface area contributed by atoms with Crippen molar-refractivity contribution < 1.29 is 18.0 Å². The van der Waals surface area contributed by atoms with Gasteiger partial charge in [0.15, 0.2) is 6.04 Å². The third kappa shape index (κ3) is 3.23. The van der Waals surface area contributed by atoms with Crippen LogP contribution < -0.4 is 5.43 Å². The fourth-order valence-electron chi connectivity index (χ4n) is 3.31. The first-order valence-electron chi connectivity index (χ1n) is 8.29. The molecule has 25 heavy (non-hydrogen) atoms. The molecule has 0 spiro atoms. The van der Waals surface area contributed by atoms with Crippen LogP contribution in [0.15, 0.2) is 36.4 Å². The van der Waals surface area contributed by atoms with E-state index in [0.29, 0.717) is 5.39 Å². The molecule has 1 aliphatic heterocycles. The van der Waals surface area contributed by atoms with Gasteiger partial charge in [0.05, 0.1) is 5.41 Å². The minimum atomic E-state index is -4.51. The third-order valence-electron chi connectivity index (χ3n) is 4.73. The molecule has 2 aromatic carbocycles. The van der Waals surface area contributed by atoms with Gasteiger partial charge in [-0.05, 0) is 42.2 Å². The quantitative estimate of drug-likeness (QED) is 0.891. The van der Waals surface area contributed by atoms with Crippen molar-refractivity contribution in [2.45, 2.75) is 39.4 Å². The summed E-state index contributed by atoms with van der Waals surface area (Å²) in [7, 11) is 0. The first-order chi connectivity index (χ1) is 11.6. The van der Waals surface area contributed by atoms with Gasteiger partial charge in [-0.1, -0.05) is 43.3 Å². The van der Waals surface area contributed by atoms with Gasteiger partial charge in [0.1, 0.15) is 0 Å². The number of carbonyl (C=O) groups excluding carboxylic acids is 1. The van der Waals surface area contributed by atoms with Crippen LogP contribution in [0.3, 0.4) is 0 Å². The number of amides is 1. The highest BCUT2D eigenvalue weighted by Gasteiger charge is 2.51. The molecular formula is C19H21F3N2O. The van der Waals surface area contributed by atoms with Gasteiger partial charge in [-0.25, -0.2) is 5.01 Å². The van der Waals surface area contributed by atoms with Gasteiger partial charge in [-0.2, -0.15) is 13.2 Å². The molecule has 0 radical (unpaired) electrons. The largest absolute Gasteiger partial charge is 0.409 e. The smallest absolute Gasteiger partial charge is 0.287 e. The Morgan fingerprint density at radius 1 is 1.24 bits per heavy atom. The van der Waals surface area contributed by atoms with E-state index >= 15 is 0 Å². The normalized spacial score (nSPS) is 19.2. The molecule has 1 aliphatic rings. The molecule has 0 bridgehead atoms. The molecule has 6 heteroatoms. The van der Waals surface area contributed by atoms with E-state index in [4.69, 9.17) is 0 Å². The predicted molar refractivity (Wildman–Crippen MR) is 90.8 cm³/mol. The number of rotatable bonds is 3. The van der Waals surface area contributed by atoms with Gasteiger partial charge in [-0.15, -0.1) is 0 Å². The molecule has 3 nitrogen and oxygen atoms in total. The molecule has 1 N–H and O–H groups in total. The highest BCUT2D eigenvalue weighted by atomic mass is 19.4. The second-order valence-corrected chi connectivity index (χ2v) is 7.15. The van der Waals surface area contributed by atoms with Crippen LogP contribution >= 0.6 is 0 Å². The van der Waals surface area contributed by atoms with Crippen molar-refractivity contribution in [3.8, 4) is 0 Å². The van der Waals surface area contributed by atoms with Crippen LogP contribution in [0, 0.1) is 5.41 Å². The number of alkyl halides is 3. The fraction of sp³-hybridized carbons (Fsp3) is 0.421. The SMILES string of the molecule is CCc1ccc2c(C(N3CC(C)(C)C(=O)N3)C(F)(F)F)cccc2c1. The number of aryl methyl sites for hydroxylation is 1. The summed E-state index contributed by atoms with van der Waals surface area (Å²) in [5.74, 6) is -0.393. The first-order valence-corrected chi connectivity index (χ1v) is 8.29. The average Bonchev–Trinajstić information content (AvgIpc) is 2.78. The molecule has 134 valence electrons. The van der Waals surface area contributed by atoms with Crippen molar-refractivity contribution in [3.63, 3.8) is 0 Å². The van der Waals surface area contributed by atoms with Crippen molar-refractivity contribution in [1.29, 1.82) is 0 Å². The summed E-state index contributed by atoms with van der Waals surface area (Å²) in [5, 5.41) is 2.35. The van der Waals surface area contributed by atoms with Crippen LogP contribution in [0.4, 0.5) is 13.2 Å². The molecule has 0 saturated carbocycles. The molecule has 2 aromatic rings.